The van der Waals surface area contributed by atoms with Crippen molar-refractivity contribution in [2.24, 2.45) is 0 Å². The zero-order chi connectivity index (χ0) is 21.1. The summed E-state index contributed by atoms with van der Waals surface area (Å²) in [6.07, 6.45) is 0.395. The summed E-state index contributed by atoms with van der Waals surface area (Å²) in [6, 6.07) is 14.2. The third-order valence-corrected chi connectivity index (χ3v) is 5.32. The SMILES string of the molecule is O=C(c1cccnc1)c1cccc(N2CCCC(c3cccc(C(F)(F)F)c3)C2)n1. The summed E-state index contributed by atoms with van der Waals surface area (Å²) in [6.45, 7) is 1.30. The van der Waals surface area contributed by atoms with Crippen LogP contribution < -0.4 is 4.90 Å². The van der Waals surface area contributed by atoms with E-state index in [0.717, 1.165) is 25.5 Å². The second kappa shape index (κ2) is 8.26. The second-order valence-electron chi connectivity index (χ2n) is 7.36. The molecule has 2 aromatic heterocycles. The number of hydrogen-bond acceptors (Lipinski definition) is 4. The van der Waals surface area contributed by atoms with Crippen LogP contribution >= 0.6 is 0 Å². The monoisotopic (exact) mass is 411 g/mol. The van der Waals surface area contributed by atoms with Gasteiger partial charge in [-0.05, 0) is 48.7 Å². The largest absolute Gasteiger partial charge is 0.416 e. The van der Waals surface area contributed by atoms with Gasteiger partial charge in [-0.3, -0.25) is 9.78 Å². The highest BCUT2D eigenvalue weighted by atomic mass is 19.4. The number of alkyl halides is 3. The van der Waals surface area contributed by atoms with Gasteiger partial charge in [-0.25, -0.2) is 4.98 Å². The second-order valence-corrected chi connectivity index (χ2v) is 7.36. The van der Waals surface area contributed by atoms with Gasteiger partial charge >= 0.3 is 6.18 Å². The van der Waals surface area contributed by atoms with E-state index < -0.39 is 11.7 Å². The molecule has 0 amide bonds. The van der Waals surface area contributed by atoms with Gasteiger partial charge in [-0.1, -0.05) is 24.3 Å². The first-order valence-electron chi connectivity index (χ1n) is 9.76. The molecule has 30 heavy (non-hydrogen) atoms. The minimum atomic E-state index is -4.35. The molecule has 4 rings (SSSR count). The molecular weight excluding hydrogens is 391 g/mol. The molecule has 4 nitrogen and oxygen atoms in total. The Morgan fingerprint density at radius 1 is 1.07 bits per heavy atom. The van der Waals surface area contributed by atoms with E-state index in [1.165, 1.54) is 18.3 Å². The Morgan fingerprint density at radius 2 is 1.90 bits per heavy atom. The molecule has 1 atom stereocenters. The van der Waals surface area contributed by atoms with Gasteiger partial charge in [-0.2, -0.15) is 13.2 Å². The van der Waals surface area contributed by atoms with Crippen molar-refractivity contribution in [2.75, 3.05) is 18.0 Å². The number of aromatic nitrogens is 2. The van der Waals surface area contributed by atoms with E-state index in [1.54, 1.807) is 36.5 Å². The molecule has 3 aromatic rings. The van der Waals surface area contributed by atoms with Gasteiger partial charge < -0.3 is 4.90 Å². The predicted octanol–water partition coefficient (Wildman–Crippen LogP) is 5.11. The van der Waals surface area contributed by atoms with Crippen LogP contribution in [0.15, 0.2) is 67.0 Å². The quantitative estimate of drug-likeness (QED) is 0.560. The maximum absolute atomic E-state index is 13.1. The third-order valence-electron chi connectivity index (χ3n) is 5.32. The van der Waals surface area contributed by atoms with Crippen LogP contribution in [0.4, 0.5) is 19.0 Å². The van der Waals surface area contributed by atoms with Crippen molar-refractivity contribution in [2.45, 2.75) is 24.9 Å². The fourth-order valence-electron chi connectivity index (χ4n) is 3.80. The zero-order valence-electron chi connectivity index (χ0n) is 16.1. The predicted molar refractivity (Wildman–Crippen MR) is 108 cm³/mol. The Kier molecular flexibility index (Phi) is 5.53. The first-order chi connectivity index (χ1) is 14.4. The number of hydrogen-bond donors (Lipinski definition) is 0. The van der Waals surface area contributed by atoms with E-state index in [0.29, 0.717) is 29.2 Å². The maximum atomic E-state index is 13.1. The maximum Gasteiger partial charge on any atom is 0.416 e. The van der Waals surface area contributed by atoms with Crippen LogP contribution in [0.3, 0.4) is 0 Å². The van der Waals surface area contributed by atoms with E-state index in [2.05, 4.69) is 9.97 Å². The fraction of sp³-hybridized carbons (Fsp3) is 0.261. The molecule has 7 heteroatoms. The van der Waals surface area contributed by atoms with Crippen molar-refractivity contribution in [3.05, 3.63) is 89.4 Å². The Labute approximate surface area is 172 Å². The molecule has 3 heterocycles. The number of pyridine rings is 2. The highest BCUT2D eigenvalue weighted by Gasteiger charge is 2.31. The number of carbonyl (C=O) groups excluding carboxylic acids is 1. The average Bonchev–Trinajstić information content (AvgIpc) is 2.79. The van der Waals surface area contributed by atoms with Crippen molar-refractivity contribution in [3.63, 3.8) is 0 Å². The summed E-state index contributed by atoms with van der Waals surface area (Å²) in [5.74, 6) is 0.415. The van der Waals surface area contributed by atoms with Crippen molar-refractivity contribution >= 4 is 11.6 Å². The summed E-state index contributed by atoms with van der Waals surface area (Å²) in [7, 11) is 0. The van der Waals surface area contributed by atoms with Crippen LogP contribution in [-0.4, -0.2) is 28.8 Å². The van der Waals surface area contributed by atoms with Gasteiger partial charge in [0, 0.05) is 37.0 Å². The standard InChI is InChI=1S/C23H20F3N3O/c24-23(25,26)19-8-1-5-16(13-19)18-7-4-12-29(15-18)21-10-2-9-20(28-21)22(30)17-6-3-11-27-14-17/h1-3,5-6,8-11,13-14,18H,4,7,12,15H2. The van der Waals surface area contributed by atoms with Gasteiger partial charge in [-0.15, -0.1) is 0 Å². The first-order valence-corrected chi connectivity index (χ1v) is 9.76. The zero-order valence-corrected chi connectivity index (χ0v) is 16.1. The number of benzene rings is 1. The molecule has 0 N–H and O–H groups in total. The minimum absolute atomic E-state index is 0.0273. The Bertz CT molecular complexity index is 1040. The van der Waals surface area contributed by atoms with Crippen LogP contribution in [-0.2, 0) is 6.18 Å². The number of halogens is 3. The van der Waals surface area contributed by atoms with Gasteiger partial charge in [0.2, 0.25) is 5.78 Å². The topological polar surface area (TPSA) is 46.1 Å². The van der Waals surface area contributed by atoms with Gasteiger partial charge in [0.1, 0.15) is 11.5 Å². The molecule has 1 aliphatic heterocycles. The van der Waals surface area contributed by atoms with Crippen molar-refractivity contribution < 1.29 is 18.0 Å². The van der Waals surface area contributed by atoms with E-state index in [-0.39, 0.29) is 11.7 Å². The Hall–Kier alpha value is -3.22. The molecule has 0 bridgehead atoms. The summed E-state index contributed by atoms with van der Waals surface area (Å²) in [5.41, 5.74) is 0.834. The van der Waals surface area contributed by atoms with Gasteiger partial charge in [0.15, 0.2) is 0 Å². The molecule has 1 saturated heterocycles. The highest BCUT2D eigenvalue weighted by molar-refractivity contribution is 6.07. The van der Waals surface area contributed by atoms with Crippen LogP contribution in [0.25, 0.3) is 0 Å². The van der Waals surface area contributed by atoms with Crippen LogP contribution in [0, 0.1) is 0 Å². The average molecular weight is 411 g/mol. The Balaban J connectivity index is 1.55. The normalized spacial score (nSPS) is 17.0. The number of ketones is 1. The molecule has 1 fully saturated rings. The number of anilines is 1. The molecule has 0 spiro atoms. The van der Waals surface area contributed by atoms with E-state index >= 15 is 0 Å². The number of piperidine rings is 1. The summed E-state index contributed by atoms with van der Waals surface area (Å²) in [4.78, 5) is 23.2. The number of rotatable bonds is 4. The van der Waals surface area contributed by atoms with Crippen LogP contribution in [0.5, 0.6) is 0 Å². The van der Waals surface area contributed by atoms with Crippen molar-refractivity contribution in [3.8, 4) is 0 Å². The molecule has 154 valence electrons. The molecule has 1 aromatic carbocycles. The van der Waals surface area contributed by atoms with Crippen molar-refractivity contribution in [1.82, 2.24) is 9.97 Å². The lowest BCUT2D eigenvalue weighted by Gasteiger charge is -2.34. The summed E-state index contributed by atoms with van der Waals surface area (Å²) >= 11 is 0. The summed E-state index contributed by atoms with van der Waals surface area (Å²) < 4.78 is 39.2. The molecule has 1 unspecified atom stereocenters. The minimum Gasteiger partial charge on any atom is -0.356 e. The van der Waals surface area contributed by atoms with E-state index in [1.807, 2.05) is 11.0 Å². The first kappa shape index (κ1) is 20.1. The van der Waals surface area contributed by atoms with Crippen molar-refractivity contribution in [1.29, 1.82) is 0 Å². The summed E-state index contributed by atoms with van der Waals surface area (Å²) in [5, 5.41) is 0. The van der Waals surface area contributed by atoms with E-state index in [4.69, 9.17) is 0 Å². The lowest BCUT2D eigenvalue weighted by atomic mass is 9.89. The fourth-order valence-corrected chi connectivity index (χ4v) is 3.80. The number of carbonyl (C=O) groups is 1. The molecule has 1 aliphatic rings. The van der Waals surface area contributed by atoms with Gasteiger partial charge in [0.25, 0.3) is 0 Å². The smallest absolute Gasteiger partial charge is 0.356 e. The molecule has 0 aliphatic carbocycles. The number of nitrogens with zero attached hydrogens (tertiary/aromatic N) is 3. The van der Waals surface area contributed by atoms with E-state index in [9.17, 15) is 18.0 Å². The third kappa shape index (κ3) is 4.35. The van der Waals surface area contributed by atoms with Crippen LogP contribution in [0.1, 0.15) is 45.9 Å². The lowest BCUT2D eigenvalue weighted by Crippen LogP contribution is -2.35. The highest BCUT2D eigenvalue weighted by Crippen LogP contribution is 2.34. The molecule has 0 saturated carbocycles. The van der Waals surface area contributed by atoms with Crippen LogP contribution in [0.2, 0.25) is 0 Å². The lowest BCUT2D eigenvalue weighted by molar-refractivity contribution is -0.137. The molecular formula is C23H20F3N3O. The molecule has 0 radical (unpaired) electrons. The Morgan fingerprint density at radius 3 is 2.67 bits per heavy atom. The van der Waals surface area contributed by atoms with Gasteiger partial charge in [0.05, 0.1) is 5.56 Å².